The van der Waals surface area contributed by atoms with Gasteiger partial charge in [0.05, 0.1) is 10.7 Å². The number of carbonyl (C=O) groups is 3. The summed E-state index contributed by atoms with van der Waals surface area (Å²) in [5.74, 6) is 0.209. The van der Waals surface area contributed by atoms with E-state index in [9.17, 15) is 14.4 Å². The molecule has 3 amide bonds. The average Bonchev–Trinajstić information content (AvgIpc) is 3.16. The third-order valence-electron chi connectivity index (χ3n) is 7.91. The van der Waals surface area contributed by atoms with Gasteiger partial charge < -0.3 is 9.64 Å². The van der Waals surface area contributed by atoms with Gasteiger partial charge in [0, 0.05) is 49.8 Å². The Kier molecular flexibility index (Phi) is 6.13. The largest absolute Gasteiger partial charge is 0.489 e. The second kappa shape index (κ2) is 9.44. The maximum atomic E-state index is 13.0. The first-order chi connectivity index (χ1) is 17.5. The number of benzene rings is 1. The minimum Gasteiger partial charge on any atom is -0.489 e. The van der Waals surface area contributed by atoms with Crippen molar-refractivity contribution in [3.63, 3.8) is 0 Å². The van der Waals surface area contributed by atoms with Crippen LogP contribution in [-0.2, 0) is 16.1 Å². The highest BCUT2D eigenvalue weighted by Gasteiger charge is 2.41. The molecule has 4 heterocycles. The van der Waals surface area contributed by atoms with Gasteiger partial charge in [0.25, 0.3) is 5.91 Å². The normalized spacial score (nSPS) is 27.0. The Morgan fingerprint density at radius 2 is 1.92 bits per heavy atom. The first-order valence-electron chi connectivity index (χ1n) is 12.6. The lowest BCUT2D eigenvalue weighted by atomic mass is 9.85. The van der Waals surface area contributed by atoms with Crippen LogP contribution in [0.1, 0.15) is 66.1 Å². The molecular formula is C26H28ClN5O4. The molecule has 1 N–H and O–H groups in total. The number of amides is 3. The molecule has 0 unspecified atom stereocenters. The first kappa shape index (κ1) is 23.4. The van der Waals surface area contributed by atoms with E-state index in [0.29, 0.717) is 35.5 Å². The molecule has 0 radical (unpaired) electrons. The number of hydrogen-bond acceptors (Lipinski definition) is 7. The molecule has 1 saturated carbocycles. The fraction of sp³-hybridized carbons (Fsp3) is 0.500. The minimum atomic E-state index is -0.613. The van der Waals surface area contributed by atoms with Crippen LogP contribution >= 0.6 is 11.6 Å². The number of aromatic nitrogens is 2. The number of ether oxygens (including phenoxy) is 1. The number of imide groups is 1. The van der Waals surface area contributed by atoms with Crippen molar-refractivity contribution in [3.05, 3.63) is 52.6 Å². The number of halogens is 1. The van der Waals surface area contributed by atoms with Crippen molar-refractivity contribution in [2.75, 3.05) is 13.1 Å². The van der Waals surface area contributed by atoms with Gasteiger partial charge in [0.2, 0.25) is 11.8 Å². The lowest BCUT2D eigenvalue weighted by Crippen LogP contribution is -2.57. The molecule has 36 heavy (non-hydrogen) atoms. The Bertz CT molecular complexity index is 1220. The summed E-state index contributed by atoms with van der Waals surface area (Å²) in [6.07, 6.45) is 8.25. The van der Waals surface area contributed by atoms with Crippen LogP contribution in [0.3, 0.4) is 0 Å². The lowest BCUT2D eigenvalue weighted by molar-refractivity contribution is -0.136. The highest BCUT2D eigenvalue weighted by atomic mass is 35.5. The Balaban J connectivity index is 1.12. The van der Waals surface area contributed by atoms with E-state index < -0.39 is 11.9 Å². The van der Waals surface area contributed by atoms with Gasteiger partial charge in [0.1, 0.15) is 24.2 Å². The Morgan fingerprint density at radius 1 is 1.08 bits per heavy atom. The molecule has 2 saturated heterocycles. The number of piperidine rings is 1. The number of fused-ring (bicyclic) bond motifs is 1. The average molecular weight is 510 g/mol. The Labute approximate surface area is 214 Å². The quantitative estimate of drug-likeness (QED) is 0.618. The van der Waals surface area contributed by atoms with Gasteiger partial charge in [-0.05, 0) is 49.4 Å². The maximum absolute atomic E-state index is 13.0. The van der Waals surface area contributed by atoms with Gasteiger partial charge in [-0.2, -0.15) is 0 Å². The van der Waals surface area contributed by atoms with Crippen molar-refractivity contribution in [1.82, 2.24) is 25.1 Å². The molecule has 0 bridgehead atoms. The fourth-order valence-electron chi connectivity index (χ4n) is 6.01. The zero-order chi connectivity index (χ0) is 24.8. The molecule has 2 aromatic rings. The van der Waals surface area contributed by atoms with E-state index in [1.54, 1.807) is 23.5 Å². The van der Waals surface area contributed by atoms with Crippen LogP contribution in [-0.4, -0.2) is 68.8 Å². The van der Waals surface area contributed by atoms with Gasteiger partial charge in [0.15, 0.2) is 0 Å². The number of nitrogens with one attached hydrogen (secondary N) is 1. The van der Waals surface area contributed by atoms with Crippen molar-refractivity contribution < 1.29 is 19.1 Å². The van der Waals surface area contributed by atoms with Crippen LogP contribution in [0.5, 0.6) is 5.75 Å². The molecule has 1 aromatic carbocycles. The third kappa shape index (κ3) is 4.24. The van der Waals surface area contributed by atoms with Gasteiger partial charge in [-0.25, -0.2) is 9.97 Å². The van der Waals surface area contributed by atoms with E-state index in [1.165, 1.54) is 6.42 Å². The second-order valence-corrected chi connectivity index (χ2v) is 10.5. The highest BCUT2D eigenvalue weighted by Crippen LogP contribution is 2.37. The van der Waals surface area contributed by atoms with Crippen molar-refractivity contribution in [2.45, 2.75) is 69.2 Å². The highest BCUT2D eigenvalue weighted by molar-refractivity contribution is 6.31. The SMILES string of the molecule is O=C1CC[C@H](N2Cc3cc(O[C@@H]4CCCC[C@@H]4N4CC(c5ncncc5Cl)C4)ccc3C2=O)C(=O)N1. The van der Waals surface area contributed by atoms with Gasteiger partial charge in [-0.15, -0.1) is 0 Å². The lowest BCUT2D eigenvalue weighted by Gasteiger charge is -2.48. The van der Waals surface area contributed by atoms with Crippen molar-refractivity contribution in [3.8, 4) is 5.75 Å². The van der Waals surface area contributed by atoms with Crippen LogP contribution in [0.15, 0.2) is 30.7 Å². The van der Waals surface area contributed by atoms with Crippen LogP contribution < -0.4 is 10.1 Å². The Hall–Kier alpha value is -3.04. The number of likely N-dealkylation sites (tertiary alicyclic amines) is 1. The number of hydrogen-bond donors (Lipinski definition) is 1. The van der Waals surface area contributed by atoms with E-state index in [1.807, 2.05) is 12.1 Å². The topological polar surface area (TPSA) is 105 Å². The van der Waals surface area contributed by atoms with E-state index in [4.69, 9.17) is 16.3 Å². The van der Waals surface area contributed by atoms with E-state index in [-0.39, 0.29) is 24.3 Å². The van der Waals surface area contributed by atoms with Crippen molar-refractivity contribution in [1.29, 1.82) is 0 Å². The number of rotatable bonds is 5. The minimum absolute atomic E-state index is 0.0713. The van der Waals surface area contributed by atoms with Gasteiger partial charge in [-0.1, -0.05) is 18.0 Å². The molecular weight excluding hydrogens is 482 g/mol. The first-order valence-corrected chi connectivity index (χ1v) is 13.0. The van der Waals surface area contributed by atoms with Crippen LogP contribution in [0, 0.1) is 0 Å². The van der Waals surface area contributed by atoms with E-state index in [0.717, 1.165) is 49.4 Å². The molecule has 1 aromatic heterocycles. The summed E-state index contributed by atoms with van der Waals surface area (Å²) in [7, 11) is 0. The maximum Gasteiger partial charge on any atom is 0.255 e. The predicted molar refractivity (Wildman–Crippen MR) is 131 cm³/mol. The molecule has 188 valence electrons. The molecule has 4 aliphatic rings. The predicted octanol–water partition coefficient (Wildman–Crippen LogP) is 2.68. The Morgan fingerprint density at radius 3 is 2.72 bits per heavy atom. The third-order valence-corrected chi connectivity index (χ3v) is 8.20. The standard InChI is InChI=1S/C26H28ClN5O4/c27-19-10-28-14-29-24(19)16-11-31(12-16)20-3-1-2-4-22(20)36-17-5-6-18-15(9-17)13-32(26(18)35)21-7-8-23(33)30-25(21)34/h5-6,9-10,14,16,20-22H,1-4,7-8,11-13H2,(H,30,33,34)/t20-,21-,22+/m0/s1. The molecule has 10 heteroatoms. The molecule has 1 aliphatic carbocycles. The monoisotopic (exact) mass is 509 g/mol. The zero-order valence-electron chi connectivity index (χ0n) is 19.9. The molecule has 0 spiro atoms. The molecule has 9 nitrogen and oxygen atoms in total. The number of nitrogens with zero attached hydrogens (tertiary/aromatic N) is 4. The zero-order valence-corrected chi connectivity index (χ0v) is 20.6. The van der Waals surface area contributed by atoms with Gasteiger partial charge >= 0.3 is 0 Å². The van der Waals surface area contributed by atoms with Crippen molar-refractivity contribution >= 4 is 29.3 Å². The summed E-state index contributed by atoms with van der Waals surface area (Å²) in [6, 6.07) is 5.30. The van der Waals surface area contributed by atoms with Crippen molar-refractivity contribution in [2.24, 2.45) is 0 Å². The summed E-state index contributed by atoms with van der Waals surface area (Å²) >= 11 is 6.30. The van der Waals surface area contributed by atoms with Gasteiger partial charge in [-0.3, -0.25) is 24.6 Å². The summed E-state index contributed by atoms with van der Waals surface area (Å²) in [6.45, 7) is 2.15. The van der Waals surface area contributed by atoms with Crippen LogP contribution in [0.25, 0.3) is 0 Å². The van der Waals surface area contributed by atoms with E-state index >= 15 is 0 Å². The summed E-state index contributed by atoms with van der Waals surface area (Å²) in [5, 5.41) is 2.97. The summed E-state index contributed by atoms with van der Waals surface area (Å²) in [4.78, 5) is 49.2. The smallest absolute Gasteiger partial charge is 0.255 e. The van der Waals surface area contributed by atoms with E-state index in [2.05, 4.69) is 20.2 Å². The number of carbonyl (C=O) groups excluding carboxylic acids is 3. The van der Waals surface area contributed by atoms with Crippen LogP contribution in [0.4, 0.5) is 0 Å². The second-order valence-electron chi connectivity index (χ2n) is 10.1. The molecule has 6 rings (SSSR count). The van der Waals surface area contributed by atoms with Crippen LogP contribution in [0.2, 0.25) is 5.02 Å². The molecule has 3 aliphatic heterocycles. The molecule has 3 atom stereocenters. The molecule has 3 fully saturated rings. The summed E-state index contributed by atoms with van der Waals surface area (Å²) < 4.78 is 6.52. The fourth-order valence-corrected chi connectivity index (χ4v) is 6.27. The summed E-state index contributed by atoms with van der Waals surface area (Å²) in [5.41, 5.74) is 2.37.